The molecule has 0 heterocycles. The SMILES string of the molecule is [CH2-]c1ccccc1CO.[CH2-]c1ccccc1CO.[CH3-].[Cl][Pd+].[Pd+2].c1ccc([PH+](c2ccccc2)c2ccccc2)cc1.c1ccc([PH+](c2ccccc2)c2ccccc2)cc1. The zero-order valence-electron chi connectivity index (χ0n) is 33.7. The van der Waals surface area contributed by atoms with E-state index in [0.717, 1.165) is 22.3 Å². The Kier molecular flexibility index (Phi) is 26.8. The molecule has 0 aliphatic carbocycles. The summed E-state index contributed by atoms with van der Waals surface area (Å²) in [6.07, 6.45) is 0. The predicted octanol–water partition coefficient (Wildman–Crippen LogP) is 10.2. The Bertz CT molecular complexity index is 1900. The van der Waals surface area contributed by atoms with Gasteiger partial charge in [-0.1, -0.05) is 121 Å². The molecule has 8 rings (SSSR count). The minimum atomic E-state index is -0.877. The Morgan fingerprint density at radius 3 is 0.650 bits per heavy atom. The van der Waals surface area contributed by atoms with Gasteiger partial charge in [0.1, 0.15) is 31.8 Å². The molecule has 0 aromatic heterocycles. The van der Waals surface area contributed by atoms with E-state index >= 15 is 0 Å². The third kappa shape index (κ3) is 17.1. The van der Waals surface area contributed by atoms with Crippen LogP contribution in [0.2, 0.25) is 0 Å². The third-order valence-corrected chi connectivity index (χ3v) is 14.4. The summed E-state index contributed by atoms with van der Waals surface area (Å²) in [4.78, 5) is 0. The maximum atomic E-state index is 8.68. The van der Waals surface area contributed by atoms with Gasteiger partial charge in [0.2, 0.25) is 0 Å². The maximum Gasteiger partial charge on any atom is 2.00 e. The van der Waals surface area contributed by atoms with Gasteiger partial charge in [-0.3, -0.25) is 0 Å². The van der Waals surface area contributed by atoms with E-state index in [1.807, 2.05) is 48.5 Å². The number of aliphatic hydroxyl groups is 2. The molecule has 2 nitrogen and oxygen atoms in total. The van der Waals surface area contributed by atoms with E-state index in [9.17, 15) is 0 Å². The van der Waals surface area contributed by atoms with Gasteiger partial charge in [0.05, 0.1) is 15.8 Å². The monoisotopic (exact) mass is 1030 g/mol. The van der Waals surface area contributed by atoms with Gasteiger partial charge in [0, 0.05) is 13.2 Å². The average molecular weight is 1030 g/mol. The summed E-state index contributed by atoms with van der Waals surface area (Å²) in [6.45, 7) is 7.63. The number of aliphatic hydroxyl groups excluding tert-OH is 2. The summed E-state index contributed by atoms with van der Waals surface area (Å²) < 4.78 is 0. The van der Waals surface area contributed by atoms with Crippen molar-refractivity contribution in [2.75, 3.05) is 0 Å². The molecule has 0 fully saturated rings. The van der Waals surface area contributed by atoms with Crippen molar-refractivity contribution in [3.63, 3.8) is 0 Å². The molecule has 8 aromatic rings. The molecule has 0 atom stereocenters. The zero-order chi connectivity index (χ0) is 41.2. The first kappa shape index (κ1) is 52.0. The average Bonchev–Trinajstić information content (AvgIpc) is 3.30. The Morgan fingerprint density at radius 2 is 0.500 bits per heavy atom. The molecule has 0 aliphatic heterocycles. The molecule has 312 valence electrons. The second kappa shape index (κ2) is 30.8. The summed E-state index contributed by atoms with van der Waals surface area (Å²) in [5.41, 5.74) is 3.61. The predicted molar refractivity (Wildman–Crippen MR) is 259 cm³/mol. The quantitative estimate of drug-likeness (QED) is 0.0905. The number of rotatable bonds is 8. The normalized spacial score (nSPS) is 9.65. The molecule has 60 heavy (non-hydrogen) atoms. The molecule has 8 aromatic carbocycles. The number of hydrogen-bond donors (Lipinski definition) is 2. The zero-order valence-corrected chi connectivity index (χ0v) is 39.5. The van der Waals surface area contributed by atoms with Gasteiger partial charge >= 0.3 is 48.1 Å². The van der Waals surface area contributed by atoms with Crippen LogP contribution in [-0.2, 0) is 51.8 Å². The van der Waals surface area contributed by atoms with Crippen molar-refractivity contribution in [3.05, 3.63) is 274 Å². The smallest absolute Gasteiger partial charge is 0.0620 e. The topological polar surface area (TPSA) is 40.5 Å². The van der Waals surface area contributed by atoms with Crippen molar-refractivity contribution in [2.24, 2.45) is 0 Å². The Hall–Kier alpha value is -4.11. The van der Waals surface area contributed by atoms with Crippen LogP contribution >= 0.6 is 25.4 Å². The molecule has 2 N–H and O–H groups in total. The molecule has 0 bridgehead atoms. The minimum Gasteiger partial charge on any atom is -0.0620 e. The molecule has 0 unspecified atom stereocenters. The summed E-state index contributed by atoms with van der Waals surface area (Å²) in [6, 6.07) is 80.1. The first-order chi connectivity index (χ1) is 28.6. The van der Waals surface area contributed by atoms with Crippen LogP contribution in [0.4, 0.5) is 0 Å². The van der Waals surface area contributed by atoms with Gasteiger partial charge < -0.3 is 17.6 Å². The van der Waals surface area contributed by atoms with Gasteiger partial charge in [0.15, 0.2) is 0 Å². The summed E-state index contributed by atoms with van der Waals surface area (Å²) in [7, 11) is 2.73. The molecule has 0 spiro atoms. The Balaban J connectivity index is 0.000000284. The van der Waals surface area contributed by atoms with Crippen LogP contribution in [0, 0.1) is 21.3 Å². The van der Waals surface area contributed by atoms with Crippen molar-refractivity contribution >= 4 is 57.2 Å². The van der Waals surface area contributed by atoms with Crippen molar-refractivity contribution < 1.29 is 48.8 Å². The maximum absolute atomic E-state index is 8.68. The summed E-state index contributed by atoms with van der Waals surface area (Å²) >= 11 is 2.22. The molecular formula is C53H53ClO2P2Pd2+2. The van der Waals surface area contributed by atoms with Crippen molar-refractivity contribution in [3.8, 4) is 0 Å². The van der Waals surface area contributed by atoms with Gasteiger partial charge in [0.25, 0.3) is 0 Å². The van der Waals surface area contributed by atoms with Crippen molar-refractivity contribution in [2.45, 2.75) is 13.2 Å². The van der Waals surface area contributed by atoms with Crippen LogP contribution in [0.5, 0.6) is 0 Å². The summed E-state index contributed by atoms with van der Waals surface area (Å²) in [5, 5.41) is 26.0. The minimum absolute atomic E-state index is 0. The largest absolute Gasteiger partial charge is 2.00 e. The molecule has 0 aliphatic rings. The first-order valence-corrected chi connectivity index (χ1v) is 23.8. The Morgan fingerprint density at radius 1 is 0.333 bits per heavy atom. The van der Waals surface area contributed by atoms with Gasteiger partial charge in [-0.15, -0.1) is 35.4 Å². The number of benzene rings is 8. The van der Waals surface area contributed by atoms with Gasteiger partial charge in [-0.2, -0.15) is 37.1 Å². The van der Waals surface area contributed by atoms with Crippen LogP contribution in [0.25, 0.3) is 0 Å². The van der Waals surface area contributed by atoms with E-state index < -0.39 is 15.8 Å². The van der Waals surface area contributed by atoms with Crippen molar-refractivity contribution in [1.82, 2.24) is 0 Å². The van der Waals surface area contributed by atoms with Crippen LogP contribution in [0.3, 0.4) is 0 Å². The standard InChI is InChI=1S/2C18H15P.2C8H9O.CH3.ClH.2Pd/c2*1-4-10-16(11-5-1)19(17-12-6-2-7-13-17)18-14-8-3-9-15-18;2*1-7-4-2-3-5-8(7)6-9;;;;/h2*1-15H;2*2-5,9H,1,6H2;1H3;1H;;/q;;3*-1;;2*+2/p+1. The second-order valence-electron chi connectivity index (χ2n) is 12.8. The van der Waals surface area contributed by atoms with Crippen molar-refractivity contribution in [1.29, 1.82) is 0 Å². The molecule has 0 saturated carbocycles. The Labute approximate surface area is 390 Å². The first-order valence-electron chi connectivity index (χ1n) is 18.8. The van der Waals surface area contributed by atoms with Crippen LogP contribution in [0.1, 0.15) is 22.3 Å². The number of halogens is 1. The van der Waals surface area contributed by atoms with Crippen LogP contribution < -0.4 is 31.8 Å². The molecular weight excluding hydrogens is 979 g/mol. The van der Waals surface area contributed by atoms with E-state index in [2.05, 4.69) is 224 Å². The third-order valence-electron chi connectivity index (χ3n) is 8.95. The molecule has 7 heteroatoms. The van der Waals surface area contributed by atoms with E-state index in [4.69, 9.17) is 10.2 Å². The molecule has 0 radical (unpaired) electrons. The fourth-order valence-electron chi connectivity index (χ4n) is 6.05. The molecule has 0 saturated heterocycles. The fraction of sp³-hybridized carbons (Fsp3) is 0.0377. The van der Waals surface area contributed by atoms with Crippen LogP contribution in [0.15, 0.2) is 231 Å². The second-order valence-corrected chi connectivity index (χ2v) is 17.8. The van der Waals surface area contributed by atoms with E-state index in [1.54, 1.807) is 0 Å². The van der Waals surface area contributed by atoms with Crippen LogP contribution in [-0.4, -0.2) is 10.2 Å². The van der Waals surface area contributed by atoms with Gasteiger partial charge in [-0.25, -0.2) is 0 Å². The fourth-order valence-corrected chi connectivity index (χ4v) is 11.2. The van der Waals surface area contributed by atoms with E-state index in [1.165, 1.54) is 31.8 Å². The summed E-state index contributed by atoms with van der Waals surface area (Å²) in [5.74, 6) is 0. The van der Waals surface area contributed by atoms with E-state index in [-0.39, 0.29) is 41.1 Å². The van der Waals surface area contributed by atoms with E-state index in [0.29, 0.717) is 0 Å². The van der Waals surface area contributed by atoms with Gasteiger partial charge in [-0.05, 0) is 72.8 Å². The number of hydrogen-bond acceptors (Lipinski definition) is 2. The molecule has 0 amide bonds.